The molecule has 23 heavy (non-hydrogen) atoms. The summed E-state index contributed by atoms with van der Waals surface area (Å²) < 4.78 is 10.9. The maximum absolute atomic E-state index is 12.4. The minimum atomic E-state index is 0.0493. The van der Waals surface area contributed by atoms with Gasteiger partial charge in [-0.2, -0.15) is 4.98 Å². The minimum absolute atomic E-state index is 0.0493. The zero-order valence-electron chi connectivity index (χ0n) is 13.5. The number of fused-ring (bicyclic) bond motifs is 1. The number of piperidine rings is 1. The van der Waals surface area contributed by atoms with Gasteiger partial charge in [-0.25, -0.2) is 0 Å². The summed E-state index contributed by atoms with van der Waals surface area (Å²) in [5, 5.41) is 6.97. The van der Waals surface area contributed by atoms with Gasteiger partial charge in [-0.15, -0.1) is 0 Å². The van der Waals surface area contributed by atoms with E-state index < -0.39 is 0 Å². The van der Waals surface area contributed by atoms with Gasteiger partial charge in [0.1, 0.15) is 0 Å². The summed E-state index contributed by atoms with van der Waals surface area (Å²) in [4.78, 5) is 19.3. The van der Waals surface area contributed by atoms with Crippen molar-refractivity contribution < 1.29 is 14.1 Å². The van der Waals surface area contributed by atoms with Gasteiger partial charge in [0, 0.05) is 25.1 Å². The molecule has 0 aliphatic carbocycles. The lowest BCUT2D eigenvalue weighted by Crippen LogP contribution is -2.46. The van der Waals surface area contributed by atoms with Gasteiger partial charge in [0.2, 0.25) is 11.8 Å². The number of aromatic nitrogens is 2. The summed E-state index contributed by atoms with van der Waals surface area (Å²) in [7, 11) is 0. The second-order valence-corrected chi connectivity index (χ2v) is 6.93. The van der Waals surface area contributed by atoms with E-state index >= 15 is 0 Å². The molecule has 0 spiro atoms. The molecule has 126 valence electrons. The maximum atomic E-state index is 12.4. The topological polar surface area (TPSA) is 80.5 Å². The quantitative estimate of drug-likeness (QED) is 0.864. The number of ether oxygens (including phenoxy) is 1. The molecule has 1 aromatic heterocycles. The molecule has 4 heterocycles. The Labute approximate surface area is 135 Å². The summed E-state index contributed by atoms with van der Waals surface area (Å²) in [5.41, 5.74) is 0. The normalized spacial score (nSPS) is 35.6. The van der Waals surface area contributed by atoms with Crippen LogP contribution in [0.25, 0.3) is 0 Å². The van der Waals surface area contributed by atoms with E-state index in [1.165, 1.54) is 0 Å². The van der Waals surface area contributed by atoms with E-state index in [9.17, 15) is 4.79 Å². The van der Waals surface area contributed by atoms with Crippen molar-refractivity contribution in [1.82, 2.24) is 20.4 Å². The number of hydrogen-bond acceptors (Lipinski definition) is 6. The van der Waals surface area contributed by atoms with Gasteiger partial charge in [-0.3, -0.25) is 9.69 Å². The Morgan fingerprint density at radius 2 is 2.09 bits per heavy atom. The molecule has 7 heteroatoms. The zero-order valence-corrected chi connectivity index (χ0v) is 13.5. The van der Waals surface area contributed by atoms with E-state index in [1.54, 1.807) is 0 Å². The fourth-order valence-electron chi connectivity index (χ4n) is 4.36. The zero-order chi connectivity index (χ0) is 15.8. The number of nitrogens with zero attached hydrogens (tertiary/aromatic N) is 3. The van der Waals surface area contributed by atoms with Crippen molar-refractivity contribution in [3.8, 4) is 0 Å². The third-order valence-electron chi connectivity index (χ3n) is 5.63. The number of amides is 1. The summed E-state index contributed by atoms with van der Waals surface area (Å²) in [6.07, 6.45) is 3.01. The van der Waals surface area contributed by atoms with Crippen LogP contribution in [0.2, 0.25) is 0 Å². The molecule has 0 radical (unpaired) electrons. The number of likely N-dealkylation sites (tertiary alicyclic amines) is 1. The molecule has 1 N–H and O–H groups in total. The second-order valence-electron chi connectivity index (χ2n) is 6.93. The van der Waals surface area contributed by atoms with Crippen LogP contribution >= 0.6 is 0 Å². The highest BCUT2D eigenvalue weighted by Gasteiger charge is 2.43. The van der Waals surface area contributed by atoms with E-state index in [2.05, 4.69) is 20.4 Å². The predicted octanol–water partition coefficient (Wildman–Crippen LogP) is 0.709. The molecule has 4 rings (SSSR count). The average Bonchev–Trinajstić information content (AvgIpc) is 3.16. The molecular weight excluding hydrogens is 296 g/mol. The summed E-state index contributed by atoms with van der Waals surface area (Å²) in [6, 6.07) is 0.516. The molecule has 3 fully saturated rings. The van der Waals surface area contributed by atoms with Crippen molar-refractivity contribution >= 4 is 5.91 Å². The predicted molar refractivity (Wildman–Crippen MR) is 81.8 cm³/mol. The van der Waals surface area contributed by atoms with Crippen molar-refractivity contribution in [2.24, 2.45) is 11.8 Å². The smallest absolute Gasteiger partial charge is 0.231 e. The van der Waals surface area contributed by atoms with E-state index in [-0.39, 0.29) is 23.7 Å². The highest BCUT2D eigenvalue weighted by molar-refractivity contribution is 5.80. The molecule has 1 amide bonds. The Bertz CT molecular complexity index is 569. The van der Waals surface area contributed by atoms with Crippen molar-refractivity contribution in [3.05, 3.63) is 11.7 Å². The maximum Gasteiger partial charge on any atom is 0.231 e. The fraction of sp³-hybridized carbons (Fsp3) is 0.812. The summed E-state index contributed by atoms with van der Waals surface area (Å²) in [5.74, 6) is 2.00. The first-order valence-electron chi connectivity index (χ1n) is 8.62. The average molecular weight is 320 g/mol. The van der Waals surface area contributed by atoms with Gasteiger partial charge < -0.3 is 14.6 Å². The van der Waals surface area contributed by atoms with Gasteiger partial charge in [-0.05, 0) is 45.2 Å². The van der Waals surface area contributed by atoms with Crippen molar-refractivity contribution in [2.75, 3.05) is 32.8 Å². The monoisotopic (exact) mass is 320 g/mol. The van der Waals surface area contributed by atoms with Crippen molar-refractivity contribution in [2.45, 2.75) is 38.1 Å². The highest BCUT2D eigenvalue weighted by atomic mass is 16.5. The number of rotatable bonds is 2. The fourth-order valence-corrected chi connectivity index (χ4v) is 4.36. The van der Waals surface area contributed by atoms with E-state index in [0.29, 0.717) is 24.3 Å². The van der Waals surface area contributed by atoms with Gasteiger partial charge >= 0.3 is 0 Å². The molecule has 3 saturated heterocycles. The highest BCUT2D eigenvalue weighted by Crippen LogP contribution is 2.39. The van der Waals surface area contributed by atoms with Crippen LogP contribution in [0.3, 0.4) is 0 Å². The van der Waals surface area contributed by atoms with Crippen LogP contribution < -0.4 is 5.32 Å². The molecule has 0 aromatic carbocycles. The Kier molecular flexibility index (Phi) is 4.07. The molecule has 3 aliphatic rings. The minimum Gasteiger partial charge on any atom is -0.380 e. The molecular formula is C16H24N4O3. The molecule has 1 aromatic rings. The number of carbonyl (C=O) groups is 1. The summed E-state index contributed by atoms with van der Waals surface area (Å²) in [6.45, 7) is 6.12. The first kappa shape index (κ1) is 15.1. The lowest BCUT2D eigenvalue weighted by atomic mass is 9.75. The molecule has 7 nitrogen and oxygen atoms in total. The Balaban J connectivity index is 1.53. The first-order valence-corrected chi connectivity index (χ1v) is 8.62. The van der Waals surface area contributed by atoms with Crippen LogP contribution in [0.5, 0.6) is 0 Å². The third kappa shape index (κ3) is 2.87. The van der Waals surface area contributed by atoms with Gasteiger partial charge in [-0.1, -0.05) is 5.16 Å². The SMILES string of the molecule is Cc1noc([C@@H]2CNC(=O)[C@@H]3CCN([C@H]4CCOC4)CC[C@@H]32)n1. The number of hydrogen-bond donors (Lipinski definition) is 1. The van der Waals surface area contributed by atoms with E-state index in [4.69, 9.17) is 9.26 Å². The van der Waals surface area contributed by atoms with E-state index in [0.717, 1.165) is 45.6 Å². The van der Waals surface area contributed by atoms with Crippen molar-refractivity contribution in [3.63, 3.8) is 0 Å². The van der Waals surface area contributed by atoms with Crippen LogP contribution in [0.1, 0.15) is 36.9 Å². The van der Waals surface area contributed by atoms with Gasteiger partial charge in [0.15, 0.2) is 5.82 Å². The lowest BCUT2D eigenvalue weighted by molar-refractivity contribution is -0.129. The van der Waals surface area contributed by atoms with Crippen LogP contribution in [0.4, 0.5) is 0 Å². The third-order valence-corrected chi connectivity index (χ3v) is 5.63. The van der Waals surface area contributed by atoms with Crippen LogP contribution in [-0.4, -0.2) is 59.8 Å². The molecule has 4 atom stereocenters. The molecule has 0 saturated carbocycles. The largest absolute Gasteiger partial charge is 0.380 e. The Hall–Kier alpha value is -1.47. The number of carbonyl (C=O) groups excluding carboxylic acids is 1. The Morgan fingerprint density at radius 1 is 1.22 bits per heavy atom. The van der Waals surface area contributed by atoms with E-state index in [1.807, 2.05) is 6.92 Å². The standard InChI is InChI=1S/C16H24N4O3/c1-10-18-16(23-19-10)14-8-17-15(21)13-3-6-20(5-2-12(13)14)11-4-7-22-9-11/h11-14H,2-9H2,1H3,(H,17,21)/t11-,12-,13+,14+/m0/s1. The molecule has 0 bridgehead atoms. The first-order chi connectivity index (χ1) is 11.2. The van der Waals surface area contributed by atoms with Gasteiger partial charge in [0.05, 0.1) is 12.5 Å². The van der Waals surface area contributed by atoms with Crippen LogP contribution in [0.15, 0.2) is 4.52 Å². The van der Waals surface area contributed by atoms with Gasteiger partial charge in [0.25, 0.3) is 0 Å². The number of nitrogens with one attached hydrogen (secondary N) is 1. The van der Waals surface area contributed by atoms with Crippen molar-refractivity contribution in [1.29, 1.82) is 0 Å². The van der Waals surface area contributed by atoms with Crippen LogP contribution in [-0.2, 0) is 9.53 Å². The lowest BCUT2D eigenvalue weighted by Gasteiger charge is -2.34. The Morgan fingerprint density at radius 3 is 2.83 bits per heavy atom. The molecule has 0 unspecified atom stereocenters. The molecule has 3 aliphatic heterocycles. The summed E-state index contributed by atoms with van der Waals surface area (Å²) >= 11 is 0. The second kappa shape index (κ2) is 6.20. The van der Waals surface area contributed by atoms with Crippen LogP contribution in [0, 0.1) is 18.8 Å². The number of aryl methyl sites for hydroxylation is 1.